The van der Waals surface area contributed by atoms with E-state index in [1.54, 1.807) is 11.3 Å². The highest BCUT2D eigenvalue weighted by Gasteiger charge is 2.39. The summed E-state index contributed by atoms with van der Waals surface area (Å²) in [6.45, 7) is 4.81. The van der Waals surface area contributed by atoms with Gasteiger partial charge >= 0.3 is 0 Å². The van der Waals surface area contributed by atoms with Crippen molar-refractivity contribution >= 4 is 11.3 Å². The molecule has 0 bridgehead atoms. The van der Waals surface area contributed by atoms with Gasteiger partial charge in [-0.1, -0.05) is 0 Å². The molecule has 1 N–H and O–H groups in total. The minimum absolute atomic E-state index is 0.365. The molecule has 0 radical (unpaired) electrons. The maximum absolute atomic E-state index is 10.2. The number of aliphatic hydroxyl groups excluding tert-OH is 1. The van der Waals surface area contributed by atoms with E-state index in [9.17, 15) is 5.11 Å². The molecular formula is C11H16O2S. The SMILES string of the molecule is Cc1ccsc1C(O)C1(C)CCCO1. The Balaban J connectivity index is 2.23. The zero-order chi connectivity index (χ0) is 10.2. The Morgan fingerprint density at radius 1 is 1.64 bits per heavy atom. The van der Waals surface area contributed by atoms with Crippen molar-refractivity contribution in [2.45, 2.75) is 38.4 Å². The summed E-state index contributed by atoms with van der Waals surface area (Å²) in [6.07, 6.45) is 1.54. The molecule has 2 heterocycles. The van der Waals surface area contributed by atoms with E-state index in [0.29, 0.717) is 0 Å². The second-order valence-corrected chi connectivity index (χ2v) is 5.08. The molecule has 0 aliphatic carbocycles. The lowest BCUT2D eigenvalue weighted by Gasteiger charge is -2.29. The number of thiophene rings is 1. The molecule has 2 atom stereocenters. The summed E-state index contributed by atoms with van der Waals surface area (Å²) >= 11 is 1.61. The van der Waals surface area contributed by atoms with Gasteiger partial charge in [0.2, 0.25) is 0 Å². The van der Waals surface area contributed by atoms with Crippen LogP contribution in [0.25, 0.3) is 0 Å². The van der Waals surface area contributed by atoms with Crippen LogP contribution in [0.4, 0.5) is 0 Å². The van der Waals surface area contributed by atoms with E-state index in [0.717, 1.165) is 24.3 Å². The average Bonchev–Trinajstić information content (AvgIpc) is 2.74. The summed E-state index contributed by atoms with van der Waals surface area (Å²) < 4.78 is 5.64. The van der Waals surface area contributed by atoms with Gasteiger partial charge in [-0.25, -0.2) is 0 Å². The largest absolute Gasteiger partial charge is 0.385 e. The predicted octanol–water partition coefficient (Wildman–Crippen LogP) is 2.66. The van der Waals surface area contributed by atoms with E-state index in [-0.39, 0.29) is 5.60 Å². The lowest BCUT2D eigenvalue weighted by molar-refractivity contribution is -0.0783. The molecule has 1 aliphatic heterocycles. The minimum Gasteiger partial charge on any atom is -0.385 e. The zero-order valence-corrected chi connectivity index (χ0v) is 9.43. The molecule has 78 valence electrons. The van der Waals surface area contributed by atoms with Crippen molar-refractivity contribution in [3.63, 3.8) is 0 Å². The van der Waals surface area contributed by atoms with E-state index < -0.39 is 6.10 Å². The van der Waals surface area contributed by atoms with Crippen LogP contribution < -0.4 is 0 Å². The van der Waals surface area contributed by atoms with Gasteiger partial charge in [0.15, 0.2) is 0 Å². The first-order chi connectivity index (χ1) is 6.63. The normalized spacial score (nSPS) is 29.4. The van der Waals surface area contributed by atoms with Crippen LogP contribution >= 0.6 is 11.3 Å². The Labute approximate surface area is 88.5 Å². The van der Waals surface area contributed by atoms with Gasteiger partial charge in [-0.3, -0.25) is 0 Å². The standard InChI is InChI=1S/C11H16O2S/c1-8-4-7-14-9(8)10(12)11(2)5-3-6-13-11/h4,7,10,12H,3,5-6H2,1-2H3. The third-order valence-corrected chi connectivity index (χ3v) is 4.05. The van der Waals surface area contributed by atoms with Crippen LogP contribution in [0.5, 0.6) is 0 Å². The molecule has 1 fully saturated rings. The lowest BCUT2D eigenvalue weighted by Crippen LogP contribution is -2.31. The molecule has 2 nitrogen and oxygen atoms in total. The summed E-state index contributed by atoms with van der Waals surface area (Å²) in [5.41, 5.74) is 0.800. The Morgan fingerprint density at radius 3 is 2.93 bits per heavy atom. The number of hydrogen-bond acceptors (Lipinski definition) is 3. The summed E-state index contributed by atoms with van der Waals surface area (Å²) in [5, 5.41) is 12.3. The fourth-order valence-electron chi connectivity index (χ4n) is 1.96. The number of aliphatic hydroxyl groups is 1. The number of rotatable bonds is 2. The summed E-state index contributed by atoms with van der Waals surface area (Å²) in [4.78, 5) is 1.05. The van der Waals surface area contributed by atoms with Crippen molar-refractivity contribution < 1.29 is 9.84 Å². The van der Waals surface area contributed by atoms with Crippen LogP contribution in [0.15, 0.2) is 11.4 Å². The number of ether oxygens (including phenoxy) is 1. The highest BCUT2D eigenvalue weighted by Crippen LogP contribution is 2.40. The van der Waals surface area contributed by atoms with Crippen molar-refractivity contribution in [1.29, 1.82) is 0 Å². The summed E-state index contributed by atoms with van der Waals surface area (Å²) in [5.74, 6) is 0. The topological polar surface area (TPSA) is 29.5 Å². The second-order valence-electron chi connectivity index (χ2n) is 4.14. The molecule has 0 amide bonds. The van der Waals surface area contributed by atoms with E-state index in [1.807, 2.05) is 25.3 Å². The maximum atomic E-state index is 10.2. The van der Waals surface area contributed by atoms with Crippen LogP contribution in [-0.2, 0) is 4.74 Å². The quantitative estimate of drug-likeness (QED) is 0.816. The fraction of sp³-hybridized carbons (Fsp3) is 0.636. The predicted molar refractivity (Wildman–Crippen MR) is 57.6 cm³/mol. The Hall–Kier alpha value is -0.380. The van der Waals surface area contributed by atoms with Gasteiger partial charge in [0.05, 0.1) is 5.60 Å². The Morgan fingerprint density at radius 2 is 2.43 bits per heavy atom. The van der Waals surface area contributed by atoms with Crippen molar-refractivity contribution in [3.8, 4) is 0 Å². The summed E-state index contributed by atoms with van der Waals surface area (Å²) in [6, 6.07) is 2.04. The molecule has 1 aromatic rings. The van der Waals surface area contributed by atoms with Gasteiger partial charge in [0.25, 0.3) is 0 Å². The summed E-state index contributed by atoms with van der Waals surface area (Å²) in [7, 11) is 0. The average molecular weight is 212 g/mol. The van der Waals surface area contributed by atoms with Crippen molar-refractivity contribution in [3.05, 3.63) is 21.9 Å². The van der Waals surface area contributed by atoms with E-state index in [2.05, 4.69) is 0 Å². The van der Waals surface area contributed by atoms with Gasteiger partial charge in [-0.2, -0.15) is 0 Å². The molecule has 0 saturated carbocycles. The van der Waals surface area contributed by atoms with E-state index >= 15 is 0 Å². The maximum Gasteiger partial charge on any atom is 0.117 e. The minimum atomic E-state index is -0.468. The highest BCUT2D eigenvalue weighted by molar-refractivity contribution is 7.10. The van der Waals surface area contributed by atoms with Crippen molar-refractivity contribution in [1.82, 2.24) is 0 Å². The highest BCUT2D eigenvalue weighted by atomic mass is 32.1. The molecule has 2 rings (SSSR count). The first-order valence-electron chi connectivity index (χ1n) is 4.99. The smallest absolute Gasteiger partial charge is 0.117 e. The van der Waals surface area contributed by atoms with Crippen LogP contribution in [0.2, 0.25) is 0 Å². The van der Waals surface area contributed by atoms with E-state index in [1.165, 1.54) is 5.56 Å². The van der Waals surface area contributed by atoms with E-state index in [4.69, 9.17) is 4.74 Å². The Kier molecular flexibility index (Phi) is 2.64. The molecular weight excluding hydrogens is 196 g/mol. The monoisotopic (exact) mass is 212 g/mol. The van der Waals surface area contributed by atoms with Crippen LogP contribution in [0.1, 0.15) is 36.3 Å². The molecule has 1 aliphatic rings. The molecule has 0 aromatic carbocycles. The van der Waals surface area contributed by atoms with Crippen molar-refractivity contribution in [2.75, 3.05) is 6.61 Å². The second kappa shape index (κ2) is 3.65. The van der Waals surface area contributed by atoms with Gasteiger partial charge in [-0.15, -0.1) is 11.3 Å². The molecule has 1 aromatic heterocycles. The fourth-order valence-corrected chi connectivity index (χ4v) is 3.01. The Bertz CT molecular complexity index is 313. The molecule has 2 unspecified atom stereocenters. The van der Waals surface area contributed by atoms with Gasteiger partial charge in [0, 0.05) is 11.5 Å². The zero-order valence-electron chi connectivity index (χ0n) is 8.62. The lowest BCUT2D eigenvalue weighted by atomic mass is 9.93. The molecule has 1 saturated heterocycles. The third-order valence-electron chi connectivity index (χ3n) is 2.98. The third kappa shape index (κ3) is 1.60. The number of aryl methyl sites for hydroxylation is 1. The molecule has 0 spiro atoms. The van der Waals surface area contributed by atoms with Crippen molar-refractivity contribution in [2.24, 2.45) is 0 Å². The van der Waals surface area contributed by atoms with Crippen LogP contribution in [-0.4, -0.2) is 17.3 Å². The number of hydrogen-bond donors (Lipinski definition) is 1. The van der Waals surface area contributed by atoms with Gasteiger partial charge < -0.3 is 9.84 Å². The molecule has 3 heteroatoms. The van der Waals surface area contributed by atoms with Gasteiger partial charge in [-0.05, 0) is 43.7 Å². The van der Waals surface area contributed by atoms with Crippen LogP contribution in [0, 0.1) is 6.92 Å². The molecule has 14 heavy (non-hydrogen) atoms. The first-order valence-corrected chi connectivity index (χ1v) is 5.87. The van der Waals surface area contributed by atoms with Gasteiger partial charge in [0.1, 0.15) is 6.10 Å². The first kappa shape index (κ1) is 10.1. The van der Waals surface area contributed by atoms with Crippen LogP contribution in [0.3, 0.4) is 0 Å².